The highest BCUT2D eigenvalue weighted by Crippen LogP contribution is 2.68. The minimum absolute atomic E-state index is 0.0234. The van der Waals surface area contributed by atoms with E-state index in [1.165, 1.54) is 38.4 Å². The molecule has 0 aromatic carbocycles. The fraction of sp³-hybridized carbons (Fsp3) is 0.812. The van der Waals surface area contributed by atoms with Crippen molar-refractivity contribution in [3.05, 3.63) is 24.5 Å². The lowest BCUT2D eigenvalue weighted by molar-refractivity contribution is -0.153. The maximum Gasteiger partial charge on any atom is 0.306 e. The fourth-order valence-electron chi connectivity index (χ4n) is 9.18. The van der Waals surface area contributed by atoms with E-state index in [0.29, 0.717) is 48.5 Å². The van der Waals surface area contributed by atoms with Crippen LogP contribution < -0.4 is 0 Å². The number of carbonyl (C=O) groups is 2. The molecule has 9 atom stereocenters. The third-order valence-corrected chi connectivity index (χ3v) is 11.7. The van der Waals surface area contributed by atoms with Crippen LogP contribution in [0.4, 0.5) is 0 Å². The van der Waals surface area contributed by atoms with E-state index in [0.717, 1.165) is 25.7 Å². The highest BCUT2D eigenvalue weighted by Gasteiger charge is 2.62. The molecule has 4 aliphatic rings. The number of hydrogen-bond donors (Lipinski definition) is 0. The van der Waals surface area contributed by atoms with Crippen LogP contribution in [0.5, 0.6) is 0 Å². The molecule has 0 unspecified atom stereocenters. The topological polar surface area (TPSA) is 61.8 Å². The van der Waals surface area contributed by atoms with Gasteiger partial charge in [-0.05, 0) is 118 Å². The summed E-state index contributed by atoms with van der Waals surface area (Å²) in [5.41, 5.74) is 0.499. The van der Waals surface area contributed by atoms with E-state index in [4.69, 9.17) is 13.9 Å². The van der Waals surface area contributed by atoms with Crippen LogP contribution in [0.1, 0.15) is 85.5 Å². The normalized spacial score (nSPS) is 39.1. The summed E-state index contributed by atoms with van der Waals surface area (Å²) >= 11 is 0. The number of esters is 2. The van der Waals surface area contributed by atoms with Crippen LogP contribution in [0.25, 0.3) is 0 Å². The van der Waals surface area contributed by atoms with Gasteiger partial charge >= 0.3 is 11.9 Å². The molecule has 0 saturated heterocycles. The minimum Gasteiger partial charge on any atom is -0.547 e. The van der Waals surface area contributed by atoms with E-state index in [9.17, 15) is 9.59 Å². The summed E-state index contributed by atoms with van der Waals surface area (Å²) in [6.07, 6.45) is 13.5. The summed E-state index contributed by atoms with van der Waals surface area (Å²) in [4.78, 5) is 23.9. The van der Waals surface area contributed by atoms with Crippen molar-refractivity contribution in [3.63, 3.8) is 0 Å². The van der Waals surface area contributed by atoms with Crippen molar-refractivity contribution in [2.45, 2.75) is 111 Å². The van der Waals surface area contributed by atoms with E-state index >= 15 is 0 Å². The highest BCUT2D eigenvalue weighted by atomic mass is 28.4. The Bertz CT molecular complexity index is 937. The first-order valence-electron chi connectivity index (χ1n) is 15.1. The van der Waals surface area contributed by atoms with Crippen LogP contribution >= 0.6 is 0 Å². The first-order chi connectivity index (χ1) is 17.8. The lowest BCUT2D eigenvalue weighted by Gasteiger charge is -2.60. The predicted octanol–water partition coefficient (Wildman–Crippen LogP) is 7.68. The second kappa shape index (κ2) is 11.1. The molecule has 5 nitrogen and oxygen atoms in total. The Labute approximate surface area is 232 Å². The van der Waals surface area contributed by atoms with Crippen molar-refractivity contribution < 1.29 is 23.5 Å². The van der Waals surface area contributed by atoms with Gasteiger partial charge in [0.2, 0.25) is 8.32 Å². The molecule has 0 radical (unpaired) electrons. The molecule has 0 bridgehead atoms. The quantitative estimate of drug-likeness (QED) is 0.169. The molecule has 0 aliphatic heterocycles. The van der Waals surface area contributed by atoms with Crippen molar-refractivity contribution >= 4 is 20.3 Å². The summed E-state index contributed by atoms with van der Waals surface area (Å²) in [5, 5.41) is 0. The third-order valence-electron chi connectivity index (χ3n) is 10.9. The van der Waals surface area contributed by atoms with Crippen molar-refractivity contribution in [2.24, 2.45) is 46.3 Å². The molecule has 0 aromatic rings. The zero-order valence-electron chi connectivity index (χ0n) is 25.0. The summed E-state index contributed by atoms with van der Waals surface area (Å²) in [5.74, 6) is 4.21. The van der Waals surface area contributed by atoms with Gasteiger partial charge in [0.15, 0.2) is 0 Å². The average molecular weight is 545 g/mol. The number of ether oxygens (including phenoxy) is 2. The number of rotatable bonds is 9. The van der Waals surface area contributed by atoms with Crippen LogP contribution in [-0.4, -0.2) is 33.0 Å². The summed E-state index contributed by atoms with van der Waals surface area (Å²) < 4.78 is 17.9. The molecule has 0 N–H and O–H groups in total. The molecule has 3 saturated carbocycles. The van der Waals surface area contributed by atoms with E-state index in [1.54, 1.807) is 6.08 Å². The second-order valence-corrected chi connectivity index (χ2v) is 18.8. The van der Waals surface area contributed by atoms with Gasteiger partial charge in [-0.3, -0.25) is 9.59 Å². The molecule has 0 heterocycles. The van der Waals surface area contributed by atoms with Gasteiger partial charge in [0.25, 0.3) is 0 Å². The molecule has 6 heteroatoms. The number of fused-ring (bicyclic) bond motifs is 5. The van der Waals surface area contributed by atoms with E-state index < -0.39 is 8.32 Å². The van der Waals surface area contributed by atoms with Gasteiger partial charge in [-0.1, -0.05) is 33.4 Å². The summed E-state index contributed by atoms with van der Waals surface area (Å²) in [7, 11) is -1.80. The largest absolute Gasteiger partial charge is 0.547 e. The molecule has 3 fully saturated rings. The van der Waals surface area contributed by atoms with Crippen LogP contribution in [-0.2, 0) is 23.5 Å². The van der Waals surface area contributed by atoms with Gasteiger partial charge in [0.05, 0.1) is 5.76 Å². The average Bonchev–Trinajstić information content (AvgIpc) is 3.18. The van der Waals surface area contributed by atoms with Gasteiger partial charge in [-0.25, -0.2) is 0 Å². The van der Waals surface area contributed by atoms with E-state index in [1.807, 2.05) is 0 Å². The Hall–Kier alpha value is -1.56. The smallest absolute Gasteiger partial charge is 0.306 e. The molecule has 4 rings (SSSR count). The molecule has 38 heavy (non-hydrogen) atoms. The zero-order valence-corrected chi connectivity index (χ0v) is 26.0. The lowest BCUT2D eigenvalue weighted by atomic mass is 9.45. The Kier molecular flexibility index (Phi) is 8.62. The van der Waals surface area contributed by atoms with Crippen molar-refractivity contribution in [1.82, 2.24) is 0 Å². The Morgan fingerprint density at radius 2 is 1.79 bits per heavy atom. The van der Waals surface area contributed by atoms with Crippen LogP contribution in [0.15, 0.2) is 24.5 Å². The first kappa shape index (κ1) is 29.4. The van der Waals surface area contributed by atoms with Gasteiger partial charge in [0, 0.05) is 19.3 Å². The molecular formula is C32H52O5Si. The monoisotopic (exact) mass is 544 g/mol. The van der Waals surface area contributed by atoms with Gasteiger partial charge in [-0.15, -0.1) is 0 Å². The fourth-order valence-corrected chi connectivity index (χ4v) is 10.1. The zero-order chi connectivity index (χ0) is 27.9. The van der Waals surface area contributed by atoms with Crippen LogP contribution in [0.3, 0.4) is 0 Å². The predicted molar refractivity (Wildman–Crippen MR) is 154 cm³/mol. The SMILES string of the molecule is C=CCOC(=O)CC[C@@H](C)[C@H]1CC[C@H]2[C@@H]3C(O[Si](C)(C)C)=C[C@@H]4C[C@H](OC(C)=O)CC[C@]4(C)[C@H]3CC[C@]12C. The first-order valence-corrected chi connectivity index (χ1v) is 18.5. The molecule has 214 valence electrons. The Morgan fingerprint density at radius 3 is 2.45 bits per heavy atom. The number of carbonyl (C=O) groups excluding carboxylic acids is 2. The second-order valence-electron chi connectivity index (χ2n) is 14.4. The van der Waals surface area contributed by atoms with Gasteiger partial charge in [-0.2, -0.15) is 0 Å². The van der Waals surface area contributed by atoms with Crippen LogP contribution in [0, 0.1) is 46.3 Å². The van der Waals surface area contributed by atoms with E-state index in [-0.39, 0.29) is 28.9 Å². The lowest BCUT2D eigenvalue weighted by Crippen LogP contribution is -2.55. The van der Waals surface area contributed by atoms with Crippen molar-refractivity contribution in [3.8, 4) is 0 Å². The highest BCUT2D eigenvalue weighted by molar-refractivity contribution is 6.70. The maximum absolute atomic E-state index is 12.2. The summed E-state index contributed by atoms with van der Waals surface area (Å²) in [6.45, 7) is 19.8. The van der Waals surface area contributed by atoms with Gasteiger partial charge in [0.1, 0.15) is 12.7 Å². The summed E-state index contributed by atoms with van der Waals surface area (Å²) in [6, 6.07) is 0. The Balaban J connectivity index is 1.58. The minimum atomic E-state index is -1.80. The molecule has 0 spiro atoms. The number of allylic oxidation sites excluding steroid dienone is 2. The standard InChI is InChI=1S/C32H52O5Si/c1-9-18-35-29(34)13-10-21(2)25-11-12-26-30-27(15-17-32(25,26)5)31(4)16-14-24(36-22(3)33)19-23(31)20-28(30)37-38(6,7)8/h9,20-21,23-27,30H,1,10-19H2,2-8H3/t21-,23+,24-,25-,26+,27+,30+,31+,32-/m1/s1. The molecule has 0 aromatic heterocycles. The van der Waals surface area contributed by atoms with Crippen molar-refractivity contribution in [1.29, 1.82) is 0 Å². The molecule has 0 amide bonds. The van der Waals surface area contributed by atoms with Crippen LogP contribution in [0.2, 0.25) is 19.6 Å². The maximum atomic E-state index is 12.2. The van der Waals surface area contributed by atoms with Gasteiger partial charge < -0.3 is 13.9 Å². The number of hydrogen-bond acceptors (Lipinski definition) is 5. The molecule has 4 aliphatic carbocycles. The van der Waals surface area contributed by atoms with E-state index in [2.05, 4.69) is 53.1 Å². The molecular weight excluding hydrogens is 492 g/mol. The van der Waals surface area contributed by atoms with Crippen molar-refractivity contribution in [2.75, 3.05) is 6.61 Å². The Morgan fingerprint density at radius 1 is 1.11 bits per heavy atom. The third kappa shape index (κ3) is 5.81.